The van der Waals surface area contributed by atoms with E-state index < -0.39 is 5.97 Å². The molecule has 0 bridgehead atoms. The Hall–Kier alpha value is -1.33. The molecule has 96 valence electrons. The van der Waals surface area contributed by atoms with Gasteiger partial charge in [0.2, 0.25) is 0 Å². The van der Waals surface area contributed by atoms with Gasteiger partial charge in [0, 0.05) is 13.2 Å². The molecule has 5 heteroatoms. The number of nitrogens with one attached hydrogen (secondary N) is 1. The zero-order valence-corrected chi connectivity index (χ0v) is 10.1. The van der Waals surface area contributed by atoms with Gasteiger partial charge in [-0.05, 0) is 12.5 Å². The maximum Gasteiger partial charge on any atom is 0.339 e. The molecule has 0 aliphatic rings. The largest absolute Gasteiger partial charge is 0.478 e. The molecule has 0 saturated heterocycles. The third kappa shape index (κ3) is 5.01. The van der Waals surface area contributed by atoms with Crippen LogP contribution in [0.1, 0.15) is 35.9 Å². The Bertz CT molecular complexity index is 335. The van der Waals surface area contributed by atoms with Crippen LogP contribution >= 0.6 is 0 Å². The summed E-state index contributed by atoms with van der Waals surface area (Å²) in [4.78, 5) is 10.8. The quantitative estimate of drug-likeness (QED) is 0.646. The van der Waals surface area contributed by atoms with Crippen molar-refractivity contribution in [3.63, 3.8) is 0 Å². The maximum atomic E-state index is 10.8. The molecule has 1 aromatic rings. The Kier molecular flexibility index (Phi) is 6.35. The average molecular weight is 241 g/mol. The number of hydrogen-bond donors (Lipinski definition) is 2. The molecule has 0 aliphatic carbocycles. The van der Waals surface area contributed by atoms with E-state index in [1.807, 2.05) is 0 Å². The van der Waals surface area contributed by atoms with Gasteiger partial charge in [-0.15, -0.1) is 0 Å². The van der Waals surface area contributed by atoms with Crippen LogP contribution in [0.15, 0.2) is 16.7 Å². The summed E-state index contributed by atoms with van der Waals surface area (Å²) in [6.45, 7) is 4.61. The molecule has 1 rings (SSSR count). The number of carboxylic acid groups (broad SMARTS) is 1. The molecular weight excluding hydrogens is 222 g/mol. The minimum Gasteiger partial charge on any atom is -0.478 e. The monoisotopic (exact) mass is 241 g/mol. The number of ether oxygens (including phenoxy) is 1. The fourth-order valence-electron chi connectivity index (χ4n) is 1.36. The lowest BCUT2D eigenvalue weighted by atomic mass is 10.2. The summed E-state index contributed by atoms with van der Waals surface area (Å²) in [6.07, 6.45) is 3.58. The minimum absolute atomic E-state index is 0.212. The van der Waals surface area contributed by atoms with Gasteiger partial charge in [-0.2, -0.15) is 0 Å². The van der Waals surface area contributed by atoms with E-state index in [0.29, 0.717) is 25.5 Å². The standard InChI is InChI=1S/C12H19NO4/c1-2-3-6-16-8-5-13-9-11-10(12(14)15)4-7-17-11/h4,7,13H,2-3,5-6,8-9H2,1H3,(H,14,15). The highest BCUT2D eigenvalue weighted by Crippen LogP contribution is 2.09. The molecule has 0 unspecified atom stereocenters. The van der Waals surface area contributed by atoms with E-state index in [1.165, 1.54) is 12.3 Å². The molecule has 1 aromatic heterocycles. The fourth-order valence-corrected chi connectivity index (χ4v) is 1.36. The molecule has 0 saturated carbocycles. The van der Waals surface area contributed by atoms with Crippen molar-refractivity contribution in [1.29, 1.82) is 0 Å². The van der Waals surface area contributed by atoms with Crippen LogP contribution < -0.4 is 5.32 Å². The van der Waals surface area contributed by atoms with Crippen molar-refractivity contribution in [2.24, 2.45) is 0 Å². The SMILES string of the molecule is CCCCOCCNCc1occc1C(=O)O. The molecule has 0 radical (unpaired) electrons. The highest BCUT2D eigenvalue weighted by atomic mass is 16.5. The van der Waals surface area contributed by atoms with Gasteiger partial charge in [-0.1, -0.05) is 13.3 Å². The first-order valence-corrected chi connectivity index (χ1v) is 5.83. The lowest BCUT2D eigenvalue weighted by Gasteiger charge is -2.04. The van der Waals surface area contributed by atoms with E-state index in [4.69, 9.17) is 14.3 Å². The van der Waals surface area contributed by atoms with Crippen LogP contribution in [0, 0.1) is 0 Å². The summed E-state index contributed by atoms with van der Waals surface area (Å²) in [7, 11) is 0. The summed E-state index contributed by atoms with van der Waals surface area (Å²) < 4.78 is 10.4. The van der Waals surface area contributed by atoms with Crippen LogP contribution in [0.3, 0.4) is 0 Å². The first-order valence-electron chi connectivity index (χ1n) is 5.83. The van der Waals surface area contributed by atoms with Crippen molar-refractivity contribution in [2.45, 2.75) is 26.3 Å². The van der Waals surface area contributed by atoms with E-state index in [-0.39, 0.29) is 5.56 Å². The van der Waals surface area contributed by atoms with Gasteiger partial charge >= 0.3 is 5.97 Å². The van der Waals surface area contributed by atoms with E-state index >= 15 is 0 Å². The zero-order valence-electron chi connectivity index (χ0n) is 10.1. The number of hydrogen-bond acceptors (Lipinski definition) is 4. The predicted molar refractivity (Wildman–Crippen MR) is 63.1 cm³/mol. The highest BCUT2D eigenvalue weighted by molar-refractivity contribution is 5.88. The number of aromatic carboxylic acids is 1. The maximum absolute atomic E-state index is 10.8. The van der Waals surface area contributed by atoms with Crippen molar-refractivity contribution in [3.05, 3.63) is 23.7 Å². The van der Waals surface area contributed by atoms with Crippen LogP contribution in [0.2, 0.25) is 0 Å². The predicted octanol–water partition coefficient (Wildman–Crippen LogP) is 1.88. The lowest BCUT2D eigenvalue weighted by Crippen LogP contribution is -2.20. The Balaban J connectivity index is 2.14. The first-order chi connectivity index (χ1) is 8.25. The normalized spacial score (nSPS) is 10.6. The van der Waals surface area contributed by atoms with Crippen molar-refractivity contribution >= 4 is 5.97 Å². The van der Waals surface area contributed by atoms with Gasteiger partial charge < -0.3 is 19.6 Å². The van der Waals surface area contributed by atoms with Crippen LogP contribution in [0.4, 0.5) is 0 Å². The van der Waals surface area contributed by atoms with Crippen molar-refractivity contribution in [3.8, 4) is 0 Å². The van der Waals surface area contributed by atoms with Gasteiger partial charge in [0.15, 0.2) is 0 Å². The summed E-state index contributed by atoms with van der Waals surface area (Å²) in [6, 6.07) is 1.46. The molecule has 1 heterocycles. The molecule has 17 heavy (non-hydrogen) atoms. The Labute approximate surface area is 101 Å². The Morgan fingerprint density at radius 1 is 1.53 bits per heavy atom. The average Bonchev–Trinajstić information content (AvgIpc) is 2.76. The molecule has 0 amide bonds. The molecule has 0 fully saturated rings. The van der Waals surface area contributed by atoms with E-state index in [2.05, 4.69) is 12.2 Å². The second-order valence-corrected chi connectivity index (χ2v) is 3.71. The lowest BCUT2D eigenvalue weighted by molar-refractivity contribution is 0.0694. The topological polar surface area (TPSA) is 71.7 Å². The summed E-state index contributed by atoms with van der Waals surface area (Å²) in [5.74, 6) is -0.513. The van der Waals surface area contributed by atoms with Gasteiger partial charge in [0.25, 0.3) is 0 Å². The first kappa shape index (κ1) is 13.7. The number of rotatable bonds is 9. The van der Waals surface area contributed by atoms with Crippen molar-refractivity contribution in [2.75, 3.05) is 19.8 Å². The summed E-state index contributed by atoms with van der Waals surface area (Å²) >= 11 is 0. The van der Waals surface area contributed by atoms with Crippen molar-refractivity contribution in [1.82, 2.24) is 5.32 Å². The molecule has 0 aliphatic heterocycles. The van der Waals surface area contributed by atoms with Crippen LogP contribution in [-0.2, 0) is 11.3 Å². The van der Waals surface area contributed by atoms with Gasteiger partial charge in [-0.3, -0.25) is 0 Å². The number of unbranched alkanes of at least 4 members (excludes halogenated alkanes) is 1. The second kappa shape index (κ2) is 7.86. The molecule has 0 spiro atoms. The number of carboxylic acids is 1. The smallest absolute Gasteiger partial charge is 0.339 e. The van der Waals surface area contributed by atoms with Gasteiger partial charge in [0.05, 0.1) is 19.4 Å². The third-order valence-electron chi connectivity index (χ3n) is 2.33. The molecule has 5 nitrogen and oxygen atoms in total. The van der Waals surface area contributed by atoms with Gasteiger partial charge in [0.1, 0.15) is 11.3 Å². The van der Waals surface area contributed by atoms with Crippen LogP contribution in [0.5, 0.6) is 0 Å². The summed E-state index contributed by atoms with van der Waals surface area (Å²) in [5, 5.41) is 11.9. The second-order valence-electron chi connectivity index (χ2n) is 3.71. The zero-order chi connectivity index (χ0) is 12.5. The van der Waals surface area contributed by atoms with E-state index in [0.717, 1.165) is 19.4 Å². The number of carbonyl (C=O) groups is 1. The Morgan fingerprint density at radius 3 is 3.06 bits per heavy atom. The Morgan fingerprint density at radius 2 is 2.35 bits per heavy atom. The van der Waals surface area contributed by atoms with Crippen LogP contribution in [0.25, 0.3) is 0 Å². The molecular formula is C12H19NO4. The third-order valence-corrected chi connectivity index (χ3v) is 2.33. The van der Waals surface area contributed by atoms with E-state index in [1.54, 1.807) is 0 Å². The summed E-state index contributed by atoms with van der Waals surface area (Å²) in [5.41, 5.74) is 0.212. The van der Waals surface area contributed by atoms with Gasteiger partial charge in [-0.25, -0.2) is 4.79 Å². The van der Waals surface area contributed by atoms with Crippen molar-refractivity contribution < 1.29 is 19.1 Å². The van der Waals surface area contributed by atoms with Crippen LogP contribution in [-0.4, -0.2) is 30.8 Å². The van der Waals surface area contributed by atoms with E-state index in [9.17, 15) is 4.79 Å². The fraction of sp³-hybridized carbons (Fsp3) is 0.583. The molecule has 0 aromatic carbocycles. The molecule has 2 N–H and O–H groups in total. The number of furan rings is 1. The molecule has 0 atom stereocenters. The highest BCUT2D eigenvalue weighted by Gasteiger charge is 2.12. The minimum atomic E-state index is -0.963.